The third-order valence-corrected chi connectivity index (χ3v) is 2.77. The molecule has 0 aliphatic carbocycles. The number of benzene rings is 1. The van der Waals surface area contributed by atoms with Gasteiger partial charge in [0.05, 0.1) is 12.6 Å². The lowest BCUT2D eigenvalue weighted by atomic mass is 9.95. The fourth-order valence-corrected chi connectivity index (χ4v) is 2.09. The van der Waals surface area contributed by atoms with Crippen LogP contribution in [0, 0.1) is 5.92 Å². The fourth-order valence-electron chi connectivity index (χ4n) is 2.09. The van der Waals surface area contributed by atoms with Crippen molar-refractivity contribution >= 4 is 5.91 Å². The molecule has 1 heterocycles. The minimum atomic E-state index is 0.110. The maximum absolute atomic E-state index is 11.3. The van der Waals surface area contributed by atoms with E-state index in [1.165, 1.54) is 0 Å². The van der Waals surface area contributed by atoms with Gasteiger partial charge in [0.15, 0.2) is 0 Å². The van der Waals surface area contributed by atoms with E-state index in [0.717, 1.165) is 5.56 Å². The second-order valence-corrected chi connectivity index (χ2v) is 3.88. The number of carbonyl (C=O) groups is 1. The summed E-state index contributed by atoms with van der Waals surface area (Å²) in [6, 6.07) is 10.1. The molecule has 0 bridgehead atoms. The summed E-state index contributed by atoms with van der Waals surface area (Å²) in [5.41, 5.74) is 1.16. The molecule has 0 radical (unpaired) electrons. The zero-order chi connectivity index (χ0) is 10.7. The van der Waals surface area contributed by atoms with Gasteiger partial charge in [-0.05, 0) is 5.56 Å². The number of methoxy groups -OCH3 is 1. The summed E-state index contributed by atoms with van der Waals surface area (Å²) >= 11 is 0. The lowest BCUT2D eigenvalue weighted by Gasteiger charge is -2.18. The van der Waals surface area contributed by atoms with Crippen LogP contribution in [0.4, 0.5) is 0 Å². The molecule has 1 aliphatic heterocycles. The molecule has 80 valence electrons. The largest absolute Gasteiger partial charge is 0.384 e. The highest BCUT2D eigenvalue weighted by atomic mass is 16.5. The molecule has 2 atom stereocenters. The first kappa shape index (κ1) is 10.2. The van der Waals surface area contributed by atoms with E-state index in [1.807, 2.05) is 30.3 Å². The number of amides is 1. The Kier molecular flexibility index (Phi) is 3.02. The number of carbonyl (C=O) groups excluding carboxylic acids is 1. The van der Waals surface area contributed by atoms with Crippen molar-refractivity contribution in [2.45, 2.75) is 12.5 Å². The Labute approximate surface area is 89.4 Å². The van der Waals surface area contributed by atoms with Crippen LogP contribution >= 0.6 is 0 Å². The first-order valence-corrected chi connectivity index (χ1v) is 5.14. The summed E-state index contributed by atoms with van der Waals surface area (Å²) in [6.07, 6.45) is 0.563. The lowest BCUT2D eigenvalue weighted by molar-refractivity contribution is -0.119. The molecular weight excluding hydrogens is 190 g/mol. The van der Waals surface area contributed by atoms with Gasteiger partial charge in [0, 0.05) is 19.4 Å². The van der Waals surface area contributed by atoms with Crippen molar-refractivity contribution in [3.63, 3.8) is 0 Å². The van der Waals surface area contributed by atoms with Crippen LogP contribution in [0.5, 0.6) is 0 Å². The summed E-state index contributed by atoms with van der Waals surface area (Å²) in [4.78, 5) is 11.3. The first-order chi connectivity index (χ1) is 7.31. The van der Waals surface area contributed by atoms with Gasteiger partial charge in [-0.1, -0.05) is 30.3 Å². The van der Waals surface area contributed by atoms with E-state index < -0.39 is 0 Å². The molecule has 1 aromatic carbocycles. The van der Waals surface area contributed by atoms with Crippen LogP contribution in [-0.2, 0) is 9.53 Å². The van der Waals surface area contributed by atoms with Gasteiger partial charge in [-0.3, -0.25) is 4.79 Å². The van der Waals surface area contributed by atoms with Gasteiger partial charge in [-0.25, -0.2) is 0 Å². The second-order valence-electron chi connectivity index (χ2n) is 3.88. The van der Waals surface area contributed by atoms with Crippen LogP contribution in [0.25, 0.3) is 0 Å². The zero-order valence-corrected chi connectivity index (χ0v) is 8.77. The predicted octanol–water partition coefficient (Wildman–Crippen LogP) is 1.51. The highest BCUT2D eigenvalue weighted by Crippen LogP contribution is 2.29. The Hall–Kier alpha value is -1.35. The molecule has 2 unspecified atom stereocenters. The topological polar surface area (TPSA) is 38.3 Å². The van der Waals surface area contributed by atoms with Crippen molar-refractivity contribution in [1.29, 1.82) is 0 Å². The van der Waals surface area contributed by atoms with Gasteiger partial charge >= 0.3 is 0 Å². The fraction of sp³-hybridized carbons (Fsp3) is 0.417. The number of hydrogen-bond acceptors (Lipinski definition) is 2. The molecule has 15 heavy (non-hydrogen) atoms. The molecular formula is C12H15NO2. The molecule has 1 fully saturated rings. The quantitative estimate of drug-likeness (QED) is 0.812. The van der Waals surface area contributed by atoms with Crippen LogP contribution < -0.4 is 5.32 Å². The van der Waals surface area contributed by atoms with Crippen LogP contribution in [0.2, 0.25) is 0 Å². The molecule has 0 aromatic heterocycles. The van der Waals surface area contributed by atoms with Crippen molar-refractivity contribution in [3.05, 3.63) is 35.9 Å². The Morgan fingerprint density at radius 3 is 2.80 bits per heavy atom. The maximum Gasteiger partial charge on any atom is 0.220 e. The SMILES string of the molecule is COCC1CC(=O)NC1c1ccccc1. The number of ether oxygens (including phenoxy) is 1. The van der Waals surface area contributed by atoms with E-state index >= 15 is 0 Å². The van der Waals surface area contributed by atoms with Gasteiger partial charge in [0.2, 0.25) is 5.91 Å². The molecule has 0 spiro atoms. The van der Waals surface area contributed by atoms with Gasteiger partial charge in [-0.2, -0.15) is 0 Å². The Bertz CT molecular complexity index is 337. The Morgan fingerprint density at radius 1 is 1.40 bits per heavy atom. The van der Waals surface area contributed by atoms with Crippen LogP contribution in [-0.4, -0.2) is 19.6 Å². The minimum Gasteiger partial charge on any atom is -0.384 e. The van der Waals surface area contributed by atoms with Crippen molar-refractivity contribution in [1.82, 2.24) is 5.32 Å². The van der Waals surface area contributed by atoms with Crippen LogP contribution in [0.15, 0.2) is 30.3 Å². The molecule has 1 saturated heterocycles. The molecule has 1 amide bonds. The van der Waals surface area contributed by atoms with Crippen molar-refractivity contribution in [2.75, 3.05) is 13.7 Å². The number of rotatable bonds is 3. The predicted molar refractivity (Wildman–Crippen MR) is 57.3 cm³/mol. The van der Waals surface area contributed by atoms with Crippen LogP contribution in [0.3, 0.4) is 0 Å². The molecule has 1 N–H and O–H groups in total. The molecule has 1 aromatic rings. The van der Waals surface area contributed by atoms with Crippen molar-refractivity contribution in [2.24, 2.45) is 5.92 Å². The smallest absolute Gasteiger partial charge is 0.220 e. The standard InChI is InChI=1S/C12H15NO2/c1-15-8-10-7-11(14)13-12(10)9-5-3-2-4-6-9/h2-6,10,12H,7-8H2,1H3,(H,13,14). The monoisotopic (exact) mass is 205 g/mol. The van der Waals surface area contributed by atoms with E-state index in [4.69, 9.17) is 4.74 Å². The van der Waals surface area contributed by atoms with Gasteiger partial charge in [0.1, 0.15) is 0 Å². The summed E-state index contributed by atoms with van der Waals surface area (Å²) in [5.74, 6) is 0.371. The molecule has 0 saturated carbocycles. The summed E-state index contributed by atoms with van der Waals surface area (Å²) in [5, 5.41) is 2.99. The third kappa shape index (κ3) is 2.18. The average molecular weight is 205 g/mol. The van der Waals surface area contributed by atoms with E-state index in [-0.39, 0.29) is 17.9 Å². The first-order valence-electron chi connectivity index (χ1n) is 5.14. The lowest BCUT2D eigenvalue weighted by Crippen LogP contribution is -2.22. The van der Waals surface area contributed by atoms with Crippen molar-refractivity contribution in [3.8, 4) is 0 Å². The number of hydrogen-bond donors (Lipinski definition) is 1. The van der Waals surface area contributed by atoms with Gasteiger partial charge < -0.3 is 10.1 Å². The Balaban J connectivity index is 2.17. The van der Waals surface area contributed by atoms with Crippen molar-refractivity contribution < 1.29 is 9.53 Å². The van der Waals surface area contributed by atoms with E-state index in [1.54, 1.807) is 7.11 Å². The van der Waals surface area contributed by atoms with Crippen LogP contribution in [0.1, 0.15) is 18.0 Å². The van der Waals surface area contributed by atoms with E-state index in [2.05, 4.69) is 5.32 Å². The van der Waals surface area contributed by atoms with E-state index in [9.17, 15) is 4.79 Å². The van der Waals surface area contributed by atoms with E-state index in [0.29, 0.717) is 13.0 Å². The highest BCUT2D eigenvalue weighted by Gasteiger charge is 2.32. The normalized spacial score (nSPS) is 25.3. The molecule has 1 aliphatic rings. The third-order valence-electron chi connectivity index (χ3n) is 2.77. The highest BCUT2D eigenvalue weighted by molar-refractivity contribution is 5.79. The number of nitrogens with one attached hydrogen (secondary N) is 1. The minimum absolute atomic E-state index is 0.110. The van der Waals surface area contributed by atoms with Gasteiger partial charge in [0.25, 0.3) is 0 Å². The summed E-state index contributed by atoms with van der Waals surface area (Å²) in [7, 11) is 1.67. The summed E-state index contributed by atoms with van der Waals surface area (Å²) < 4.78 is 5.13. The average Bonchev–Trinajstić information content (AvgIpc) is 2.62. The molecule has 2 rings (SSSR count). The second kappa shape index (κ2) is 4.45. The zero-order valence-electron chi connectivity index (χ0n) is 8.77. The maximum atomic E-state index is 11.3. The van der Waals surface area contributed by atoms with Gasteiger partial charge in [-0.15, -0.1) is 0 Å². The molecule has 3 heteroatoms. The summed E-state index contributed by atoms with van der Waals surface area (Å²) in [6.45, 7) is 0.623. The molecule has 3 nitrogen and oxygen atoms in total. The Morgan fingerprint density at radius 2 is 2.13 bits per heavy atom.